The number of aromatic nitrogens is 2. The van der Waals surface area contributed by atoms with Crippen LogP contribution in [0, 0.1) is 5.82 Å². The summed E-state index contributed by atoms with van der Waals surface area (Å²) in [5.74, 6) is 0.586. The van der Waals surface area contributed by atoms with Crippen molar-refractivity contribution in [3.8, 4) is 11.4 Å². The van der Waals surface area contributed by atoms with Gasteiger partial charge in [0.05, 0.1) is 11.0 Å². The van der Waals surface area contributed by atoms with E-state index < -0.39 is 0 Å². The monoisotopic (exact) mass is 345 g/mol. The van der Waals surface area contributed by atoms with E-state index in [1.54, 1.807) is 12.1 Å². The highest BCUT2D eigenvalue weighted by Gasteiger charge is 2.29. The Morgan fingerprint density at radius 1 is 1.19 bits per heavy atom. The molecule has 1 aromatic heterocycles. The van der Waals surface area contributed by atoms with E-state index in [1.165, 1.54) is 6.07 Å². The summed E-state index contributed by atoms with van der Waals surface area (Å²) < 4.78 is 16.6. The molecule has 1 aliphatic carbocycles. The quantitative estimate of drug-likeness (QED) is 0.693. The van der Waals surface area contributed by atoms with Gasteiger partial charge in [-0.25, -0.2) is 9.37 Å². The van der Waals surface area contributed by atoms with Gasteiger partial charge in [0.1, 0.15) is 11.6 Å². The zero-order chi connectivity index (χ0) is 14.6. The highest BCUT2D eigenvalue weighted by molar-refractivity contribution is 9.10. The minimum Gasteiger partial charge on any atom is -0.398 e. The molecule has 0 bridgehead atoms. The zero-order valence-electron chi connectivity index (χ0n) is 11.2. The van der Waals surface area contributed by atoms with E-state index in [0.717, 1.165) is 39.7 Å². The van der Waals surface area contributed by atoms with Crippen molar-refractivity contribution in [3.05, 3.63) is 46.7 Å². The second-order valence-corrected chi connectivity index (χ2v) is 6.32. The van der Waals surface area contributed by atoms with Gasteiger partial charge in [-0.3, -0.25) is 0 Å². The van der Waals surface area contributed by atoms with Gasteiger partial charge in [0, 0.05) is 21.8 Å². The first kappa shape index (κ1) is 12.8. The van der Waals surface area contributed by atoms with E-state index in [9.17, 15) is 4.39 Å². The van der Waals surface area contributed by atoms with Gasteiger partial charge in [-0.1, -0.05) is 15.9 Å². The molecule has 0 unspecified atom stereocenters. The highest BCUT2D eigenvalue weighted by Crippen LogP contribution is 2.42. The minimum absolute atomic E-state index is 0.236. The molecule has 1 saturated carbocycles. The fourth-order valence-electron chi connectivity index (χ4n) is 2.70. The lowest BCUT2D eigenvalue weighted by Crippen LogP contribution is -2.00. The lowest BCUT2D eigenvalue weighted by molar-refractivity contribution is 0.628. The summed E-state index contributed by atoms with van der Waals surface area (Å²) in [6, 6.07) is 10.9. The average molecular weight is 346 g/mol. The maximum Gasteiger partial charge on any atom is 0.143 e. The maximum absolute atomic E-state index is 13.6. The molecular weight excluding hydrogens is 333 g/mol. The van der Waals surface area contributed by atoms with Crippen molar-refractivity contribution in [1.29, 1.82) is 0 Å². The maximum atomic E-state index is 13.6. The van der Waals surface area contributed by atoms with Crippen LogP contribution in [-0.2, 0) is 0 Å². The second kappa shape index (κ2) is 4.56. The molecule has 2 aromatic carbocycles. The number of rotatable bonds is 2. The van der Waals surface area contributed by atoms with Crippen LogP contribution in [-0.4, -0.2) is 9.55 Å². The summed E-state index contributed by atoms with van der Waals surface area (Å²) in [5, 5.41) is 0. The third-order valence-electron chi connectivity index (χ3n) is 3.82. The predicted molar refractivity (Wildman–Crippen MR) is 85.5 cm³/mol. The van der Waals surface area contributed by atoms with Crippen molar-refractivity contribution < 1.29 is 4.39 Å². The smallest absolute Gasteiger partial charge is 0.143 e. The number of anilines is 1. The molecule has 106 valence electrons. The average Bonchev–Trinajstić information content (AvgIpc) is 3.20. The van der Waals surface area contributed by atoms with Gasteiger partial charge in [0.25, 0.3) is 0 Å². The van der Waals surface area contributed by atoms with Crippen LogP contribution < -0.4 is 5.73 Å². The molecule has 0 spiro atoms. The molecule has 5 heteroatoms. The molecule has 1 aliphatic rings. The number of halogens is 2. The fourth-order valence-corrected chi connectivity index (χ4v) is 3.07. The Balaban J connectivity index is 2.01. The van der Waals surface area contributed by atoms with Crippen LogP contribution in [0.3, 0.4) is 0 Å². The van der Waals surface area contributed by atoms with Gasteiger partial charge < -0.3 is 10.3 Å². The molecule has 0 radical (unpaired) electrons. The van der Waals surface area contributed by atoms with E-state index in [-0.39, 0.29) is 5.82 Å². The van der Waals surface area contributed by atoms with Crippen molar-refractivity contribution in [1.82, 2.24) is 9.55 Å². The molecule has 1 fully saturated rings. The van der Waals surface area contributed by atoms with Crippen LogP contribution in [0.4, 0.5) is 10.1 Å². The van der Waals surface area contributed by atoms with Crippen molar-refractivity contribution in [3.63, 3.8) is 0 Å². The summed E-state index contributed by atoms with van der Waals surface area (Å²) in [6.07, 6.45) is 2.21. The van der Waals surface area contributed by atoms with Crippen LogP contribution in [0.5, 0.6) is 0 Å². The van der Waals surface area contributed by atoms with Crippen molar-refractivity contribution in [2.24, 2.45) is 0 Å². The Bertz CT molecular complexity index is 852. The first-order valence-corrected chi connectivity index (χ1v) is 7.65. The molecule has 0 amide bonds. The van der Waals surface area contributed by atoms with Crippen molar-refractivity contribution >= 4 is 32.7 Å². The lowest BCUT2D eigenvalue weighted by atomic mass is 10.1. The van der Waals surface area contributed by atoms with Crippen LogP contribution in [0.15, 0.2) is 40.9 Å². The minimum atomic E-state index is -0.236. The van der Waals surface area contributed by atoms with E-state index in [1.807, 2.05) is 18.2 Å². The van der Waals surface area contributed by atoms with Gasteiger partial charge in [-0.2, -0.15) is 0 Å². The first-order valence-electron chi connectivity index (χ1n) is 6.86. The Morgan fingerprint density at radius 3 is 2.71 bits per heavy atom. The summed E-state index contributed by atoms with van der Waals surface area (Å²) in [7, 11) is 0. The predicted octanol–water partition coefficient (Wildman–Crippen LogP) is 4.52. The SMILES string of the molecule is Nc1cc(Br)ccc1-c1nc2ccc(F)cc2n1C1CC1. The second-order valence-electron chi connectivity index (χ2n) is 5.40. The molecule has 4 rings (SSSR count). The summed E-state index contributed by atoms with van der Waals surface area (Å²) in [6.45, 7) is 0. The van der Waals surface area contributed by atoms with Gasteiger partial charge >= 0.3 is 0 Å². The van der Waals surface area contributed by atoms with Crippen molar-refractivity contribution in [2.75, 3.05) is 5.73 Å². The highest BCUT2D eigenvalue weighted by atomic mass is 79.9. The van der Waals surface area contributed by atoms with Crippen LogP contribution in [0.25, 0.3) is 22.4 Å². The number of nitrogens with zero attached hydrogens (tertiary/aromatic N) is 2. The third kappa shape index (κ3) is 2.12. The Hall–Kier alpha value is -1.88. The van der Waals surface area contributed by atoms with Crippen LogP contribution in [0.1, 0.15) is 18.9 Å². The molecule has 0 aliphatic heterocycles. The summed E-state index contributed by atoms with van der Waals surface area (Å²) >= 11 is 3.42. The van der Waals surface area contributed by atoms with E-state index in [4.69, 9.17) is 5.73 Å². The Kier molecular flexibility index (Phi) is 2.79. The van der Waals surface area contributed by atoms with Gasteiger partial charge in [0.2, 0.25) is 0 Å². The third-order valence-corrected chi connectivity index (χ3v) is 4.31. The van der Waals surface area contributed by atoms with Crippen LogP contribution >= 0.6 is 15.9 Å². The molecule has 3 nitrogen and oxygen atoms in total. The number of fused-ring (bicyclic) bond motifs is 1. The molecule has 0 saturated heterocycles. The molecule has 2 N–H and O–H groups in total. The molecule has 0 atom stereocenters. The van der Waals surface area contributed by atoms with E-state index >= 15 is 0 Å². The topological polar surface area (TPSA) is 43.8 Å². The largest absolute Gasteiger partial charge is 0.398 e. The van der Waals surface area contributed by atoms with Gasteiger partial charge in [0.15, 0.2) is 0 Å². The fraction of sp³-hybridized carbons (Fsp3) is 0.188. The Labute approximate surface area is 129 Å². The van der Waals surface area contributed by atoms with E-state index in [2.05, 4.69) is 25.5 Å². The number of nitrogens with two attached hydrogens (primary N) is 1. The Morgan fingerprint density at radius 2 is 2.00 bits per heavy atom. The summed E-state index contributed by atoms with van der Waals surface area (Å²) in [4.78, 5) is 4.68. The molecule has 3 aromatic rings. The summed E-state index contributed by atoms with van der Waals surface area (Å²) in [5.41, 5.74) is 9.34. The number of hydrogen-bond acceptors (Lipinski definition) is 2. The standard InChI is InChI=1S/C16H13BrFN3/c17-9-1-5-12(13(19)7-9)16-20-14-6-2-10(18)8-15(14)21(16)11-3-4-11/h1-2,5-8,11H,3-4,19H2. The first-order chi connectivity index (χ1) is 10.1. The lowest BCUT2D eigenvalue weighted by Gasteiger charge is -2.10. The van der Waals surface area contributed by atoms with Crippen LogP contribution in [0.2, 0.25) is 0 Å². The number of nitrogen functional groups attached to an aromatic ring is 1. The number of hydrogen-bond donors (Lipinski definition) is 1. The van der Waals surface area contributed by atoms with Crippen molar-refractivity contribution in [2.45, 2.75) is 18.9 Å². The normalized spacial score (nSPS) is 14.8. The number of imidazole rings is 1. The van der Waals surface area contributed by atoms with Gasteiger partial charge in [-0.05, 0) is 49.2 Å². The molecule has 1 heterocycles. The zero-order valence-corrected chi connectivity index (χ0v) is 12.8. The molecule has 21 heavy (non-hydrogen) atoms. The van der Waals surface area contributed by atoms with Gasteiger partial charge in [-0.15, -0.1) is 0 Å². The molecular formula is C16H13BrFN3. The van der Waals surface area contributed by atoms with E-state index in [0.29, 0.717) is 11.7 Å². The number of benzene rings is 2.